The minimum absolute atomic E-state index is 0.0194. The Kier molecular flexibility index (Phi) is 2.90. The molecule has 0 atom stereocenters. The predicted octanol–water partition coefficient (Wildman–Crippen LogP) is 0.300. The molecular formula is C10H10FN3O3. The number of amides is 1. The largest absolute Gasteiger partial charge is 0.481 e. The normalized spacial score (nSPS) is 18.8. The number of nitrogens with zero attached hydrogens (tertiary/aromatic N) is 3. The Bertz CT molecular complexity index is 456. The van der Waals surface area contributed by atoms with Gasteiger partial charge in [-0.1, -0.05) is 0 Å². The van der Waals surface area contributed by atoms with Gasteiger partial charge in [0.2, 0.25) is 0 Å². The summed E-state index contributed by atoms with van der Waals surface area (Å²) in [5, 5.41) is 13.6. The Hall–Kier alpha value is -2.18. The molecule has 1 amide bonds. The van der Waals surface area contributed by atoms with Gasteiger partial charge in [-0.2, -0.15) is 5.10 Å². The molecule has 7 heteroatoms. The predicted molar refractivity (Wildman–Crippen MR) is 56.4 cm³/mol. The lowest BCUT2D eigenvalue weighted by Crippen LogP contribution is -2.45. The highest BCUT2D eigenvalue weighted by Crippen LogP contribution is 2.15. The lowest BCUT2D eigenvalue weighted by molar-refractivity contribution is -0.138. The van der Waals surface area contributed by atoms with E-state index in [1.54, 1.807) is 0 Å². The molecule has 1 N–H and O–H groups in total. The molecular weight excluding hydrogens is 229 g/mol. The van der Waals surface area contributed by atoms with E-state index in [-0.39, 0.29) is 25.4 Å². The lowest BCUT2D eigenvalue weighted by atomic mass is 10.3. The first kappa shape index (κ1) is 11.3. The van der Waals surface area contributed by atoms with E-state index in [1.807, 2.05) is 0 Å². The van der Waals surface area contributed by atoms with Crippen LogP contribution in [-0.4, -0.2) is 45.8 Å². The minimum Gasteiger partial charge on any atom is -0.481 e. The molecule has 17 heavy (non-hydrogen) atoms. The van der Waals surface area contributed by atoms with Crippen LogP contribution in [0, 0.1) is 0 Å². The molecule has 0 unspecified atom stereocenters. The monoisotopic (exact) mass is 239 g/mol. The molecule has 0 aromatic rings. The fraction of sp³-hybridized carbons (Fsp3) is 0.300. The maximum Gasteiger partial charge on any atom is 0.305 e. The van der Waals surface area contributed by atoms with E-state index in [2.05, 4.69) is 5.10 Å². The molecule has 0 aromatic heterocycles. The van der Waals surface area contributed by atoms with Crippen LogP contribution in [0.2, 0.25) is 0 Å². The van der Waals surface area contributed by atoms with Crippen molar-refractivity contribution < 1.29 is 19.1 Å². The molecule has 0 fully saturated rings. The number of fused-ring (bicyclic) bond motifs is 1. The van der Waals surface area contributed by atoms with E-state index in [0.29, 0.717) is 5.84 Å². The summed E-state index contributed by atoms with van der Waals surface area (Å²) in [5.74, 6) is -1.37. The number of carboxylic acids is 1. The van der Waals surface area contributed by atoms with Crippen LogP contribution < -0.4 is 0 Å². The van der Waals surface area contributed by atoms with Gasteiger partial charge >= 0.3 is 5.97 Å². The third-order valence-electron chi connectivity index (χ3n) is 2.32. The summed E-state index contributed by atoms with van der Waals surface area (Å²) in [6, 6.07) is 0. The number of amidine groups is 1. The molecule has 0 bridgehead atoms. The fourth-order valence-corrected chi connectivity index (χ4v) is 1.51. The van der Waals surface area contributed by atoms with Gasteiger partial charge in [-0.15, -0.1) is 0 Å². The van der Waals surface area contributed by atoms with Crippen molar-refractivity contribution >= 4 is 17.7 Å². The number of carbonyl (C=O) groups is 2. The van der Waals surface area contributed by atoms with Crippen molar-refractivity contribution in [2.75, 3.05) is 13.1 Å². The van der Waals surface area contributed by atoms with E-state index >= 15 is 0 Å². The highest BCUT2D eigenvalue weighted by Gasteiger charge is 2.26. The number of aliphatic carboxylic acids is 1. The molecule has 0 spiro atoms. The third-order valence-corrected chi connectivity index (χ3v) is 2.32. The van der Waals surface area contributed by atoms with E-state index in [4.69, 9.17) is 5.11 Å². The summed E-state index contributed by atoms with van der Waals surface area (Å²) in [5.41, 5.74) is 0. The molecule has 0 aliphatic carbocycles. The van der Waals surface area contributed by atoms with Crippen molar-refractivity contribution in [3.63, 3.8) is 0 Å². The van der Waals surface area contributed by atoms with Crippen molar-refractivity contribution in [3.8, 4) is 0 Å². The summed E-state index contributed by atoms with van der Waals surface area (Å²) >= 11 is 0. The molecule has 2 aliphatic rings. The Morgan fingerprint density at radius 1 is 1.53 bits per heavy atom. The van der Waals surface area contributed by atoms with Crippen molar-refractivity contribution in [1.82, 2.24) is 9.91 Å². The van der Waals surface area contributed by atoms with Crippen molar-refractivity contribution in [2.24, 2.45) is 5.10 Å². The standard InChI is InChI=1S/C10H10FN3O3/c11-7-1-2-8-12-14(4-3-10(16)17)9(15)6-13(8)5-7/h1-2,5H,3-4,6H2,(H,16,17). The molecule has 90 valence electrons. The molecule has 0 aromatic carbocycles. The maximum atomic E-state index is 12.9. The SMILES string of the molecule is O=C(O)CCN1N=C2C=CC(F)=CN2CC1=O. The Balaban J connectivity index is 2.12. The summed E-state index contributed by atoms with van der Waals surface area (Å²) in [6.07, 6.45) is 3.69. The quantitative estimate of drug-likeness (QED) is 0.768. The number of carboxylic acid groups (broad SMARTS) is 1. The fourth-order valence-electron chi connectivity index (χ4n) is 1.51. The average molecular weight is 239 g/mol. The van der Waals surface area contributed by atoms with Crippen LogP contribution in [0.1, 0.15) is 6.42 Å². The van der Waals surface area contributed by atoms with Gasteiger partial charge < -0.3 is 10.0 Å². The molecule has 0 radical (unpaired) electrons. The molecule has 0 saturated carbocycles. The first-order chi connectivity index (χ1) is 8.06. The third kappa shape index (κ3) is 2.49. The first-order valence-electron chi connectivity index (χ1n) is 4.99. The maximum absolute atomic E-state index is 12.9. The zero-order valence-corrected chi connectivity index (χ0v) is 8.84. The highest BCUT2D eigenvalue weighted by atomic mass is 19.1. The summed E-state index contributed by atoms with van der Waals surface area (Å²) < 4.78 is 12.9. The Labute approximate surface area is 96.3 Å². The molecule has 2 rings (SSSR count). The minimum atomic E-state index is -0.995. The van der Waals surface area contributed by atoms with Crippen LogP contribution in [0.25, 0.3) is 0 Å². The van der Waals surface area contributed by atoms with Gasteiger partial charge in [0.15, 0.2) is 5.84 Å². The van der Waals surface area contributed by atoms with E-state index in [0.717, 1.165) is 5.01 Å². The number of rotatable bonds is 3. The van der Waals surface area contributed by atoms with E-state index in [1.165, 1.54) is 23.3 Å². The van der Waals surface area contributed by atoms with Gasteiger partial charge in [-0.3, -0.25) is 9.59 Å². The smallest absolute Gasteiger partial charge is 0.305 e. The second-order valence-electron chi connectivity index (χ2n) is 3.59. The van der Waals surface area contributed by atoms with E-state index in [9.17, 15) is 14.0 Å². The molecule has 0 saturated heterocycles. The van der Waals surface area contributed by atoms with Crippen LogP contribution in [0.4, 0.5) is 4.39 Å². The zero-order valence-electron chi connectivity index (χ0n) is 8.84. The van der Waals surface area contributed by atoms with Crippen molar-refractivity contribution in [3.05, 3.63) is 24.2 Å². The average Bonchev–Trinajstić information content (AvgIpc) is 2.26. The Morgan fingerprint density at radius 3 is 3.00 bits per heavy atom. The number of carbonyl (C=O) groups excluding carboxylic acids is 1. The summed E-state index contributed by atoms with van der Waals surface area (Å²) in [6.45, 7) is -0.0121. The van der Waals surface area contributed by atoms with Crippen molar-refractivity contribution in [1.29, 1.82) is 0 Å². The number of hydrazone groups is 1. The lowest BCUT2D eigenvalue weighted by Gasteiger charge is -2.30. The van der Waals surface area contributed by atoms with Crippen LogP contribution in [-0.2, 0) is 9.59 Å². The second-order valence-corrected chi connectivity index (χ2v) is 3.59. The van der Waals surface area contributed by atoms with Crippen LogP contribution in [0.5, 0.6) is 0 Å². The van der Waals surface area contributed by atoms with Gasteiger partial charge in [-0.05, 0) is 12.2 Å². The molecule has 6 nitrogen and oxygen atoms in total. The molecule has 2 aliphatic heterocycles. The first-order valence-corrected chi connectivity index (χ1v) is 4.99. The van der Waals surface area contributed by atoms with Gasteiger partial charge in [-0.25, -0.2) is 9.40 Å². The van der Waals surface area contributed by atoms with Gasteiger partial charge in [0, 0.05) is 6.20 Å². The van der Waals surface area contributed by atoms with Crippen LogP contribution >= 0.6 is 0 Å². The topological polar surface area (TPSA) is 73.2 Å². The molecule has 2 heterocycles. The zero-order chi connectivity index (χ0) is 12.4. The van der Waals surface area contributed by atoms with Crippen LogP contribution in [0.3, 0.4) is 0 Å². The second kappa shape index (κ2) is 4.36. The van der Waals surface area contributed by atoms with E-state index < -0.39 is 11.8 Å². The summed E-state index contributed by atoms with van der Waals surface area (Å²) in [7, 11) is 0. The number of halogens is 1. The van der Waals surface area contributed by atoms with Crippen molar-refractivity contribution in [2.45, 2.75) is 6.42 Å². The van der Waals surface area contributed by atoms with Gasteiger partial charge in [0.05, 0.1) is 13.0 Å². The van der Waals surface area contributed by atoms with Gasteiger partial charge in [0.1, 0.15) is 12.4 Å². The summed E-state index contributed by atoms with van der Waals surface area (Å²) in [4.78, 5) is 23.4. The Morgan fingerprint density at radius 2 is 2.29 bits per heavy atom. The van der Waals surface area contributed by atoms with Crippen LogP contribution in [0.15, 0.2) is 29.3 Å². The number of allylic oxidation sites excluding steroid dienone is 2. The number of hydrogen-bond donors (Lipinski definition) is 1. The van der Waals surface area contributed by atoms with Gasteiger partial charge in [0.25, 0.3) is 5.91 Å². The highest BCUT2D eigenvalue weighted by molar-refractivity contribution is 6.00. The number of hydrogen-bond acceptors (Lipinski definition) is 4.